The van der Waals surface area contributed by atoms with Crippen LogP contribution in [-0.2, 0) is 9.53 Å². The molecule has 0 N–H and O–H groups in total. The number of Topliss-reactive ketones (excluding diaryl/α,β-unsaturated/α-hetero) is 1. The summed E-state index contributed by atoms with van der Waals surface area (Å²) in [7, 11) is 0. The molecule has 4 rings (SSSR count). The van der Waals surface area contributed by atoms with E-state index in [1.807, 2.05) is 0 Å². The van der Waals surface area contributed by atoms with E-state index in [9.17, 15) is 4.79 Å². The fraction of sp³-hybridized carbons (Fsp3) is 0.800. The largest absolute Gasteiger partial charge is 0.363 e. The molecule has 0 aromatic rings. The van der Waals surface area contributed by atoms with Gasteiger partial charge in [-0.15, -0.1) is 0 Å². The Balaban J connectivity index is 1.81. The minimum Gasteiger partial charge on any atom is -0.363 e. The van der Waals surface area contributed by atoms with E-state index in [-0.39, 0.29) is 23.0 Å². The van der Waals surface area contributed by atoms with Crippen LogP contribution in [0.5, 0.6) is 0 Å². The Labute approximate surface area is 102 Å². The fourth-order valence-corrected chi connectivity index (χ4v) is 4.97. The standard InChI is InChI=1S/C15H20O2/c1-14-7-4-11(16)13(14)12-5-8-15(17-12)6-2-3-10(15)9-14/h5,8,10,12-13H,2-4,6-7,9H2,1H3/t10-,12+,13-,14+,15-/m1/s1. The molecule has 1 spiro atoms. The lowest BCUT2D eigenvalue weighted by Crippen LogP contribution is -2.34. The van der Waals surface area contributed by atoms with E-state index < -0.39 is 0 Å². The first kappa shape index (κ1) is 10.3. The molecule has 0 radical (unpaired) electrons. The number of carbonyl (C=O) groups excluding carboxylic acids is 1. The van der Waals surface area contributed by atoms with E-state index in [4.69, 9.17) is 4.74 Å². The van der Waals surface area contributed by atoms with Crippen LogP contribution in [0.4, 0.5) is 0 Å². The summed E-state index contributed by atoms with van der Waals surface area (Å²) in [5.41, 5.74) is 0.224. The normalized spacial score (nSPS) is 55.8. The van der Waals surface area contributed by atoms with E-state index in [0.717, 1.165) is 12.8 Å². The third kappa shape index (κ3) is 1.17. The summed E-state index contributed by atoms with van der Waals surface area (Å²) >= 11 is 0. The number of hydrogen-bond acceptors (Lipinski definition) is 2. The predicted octanol–water partition coefficient (Wildman–Crippen LogP) is 2.87. The average molecular weight is 232 g/mol. The average Bonchev–Trinajstić information content (AvgIpc) is 2.91. The Hall–Kier alpha value is -0.630. The molecule has 2 bridgehead atoms. The van der Waals surface area contributed by atoms with Crippen molar-refractivity contribution < 1.29 is 9.53 Å². The zero-order valence-electron chi connectivity index (χ0n) is 10.4. The lowest BCUT2D eigenvalue weighted by atomic mass is 9.68. The number of carbonyl (C=O) groups is 1. The van der Waals surface area contributed by atoms with Crippen molar-refractivity contribution >= 4 is 5.78 Å². The first-order chi connectivity index (χ1) is 8.13. The quantitative estimate of drug-likeness (QED) is 0.600. The molecule has 2 heteroatoms. The van der Waals surface area contributed by atoms with Gasteiger partial charge in [-0.25, -0.2) is 0 Å². The van der Waals surface area contributed by atoms with Gasteiger partial charge in [0.25, 0.3) is 0 Å². The van der Waals surface area contributed by atoms with Crippen molar-refractivity contribution in [1.29, 1.82) is 0 Å². The second-order valence-corrected chi connectivity index (χ2v) is 6.79. The van der Waals surface area contributed by atoms with Crippen LogP contribution in [0.2, 0.25) is 0 Å². The molecule has 5 atom stereocenters. The van der Waals surface area contributed by atoms with Crippen molar-refractivity contribution in [3.05, 3.63) is 12.2 Å². The van der Waals surface area contributed by atoms with Crippen molar-refractivity contribution in [2.45, 2.75) is 57.2 Å². The van der Waals surface area contributed by atoms with Crippen LogP contribution in [0.1, 0.15) is 45.4 Å². The van der Waals surface area contributed by atoms with Crippen LogP contribution in [0.3, 0.4) is 0 Å². The molecule has 92 valence electrons. The highest BCUT2D eigenvalue weighted by molar-refractivity contribution is 5.85. The molecule has 2 saturated carbocycles. The summed E-state index contributed by atoms with van der Waals surface area (Å²) in [6.45, 7) is 2.33. The summed E-state index contributed by atoms with van der Waals surface area (Å²) in [6.07, 6.45) is 11.4. The van der Waals surface area contributed by atoms with Gasteiger partial charge < -0.3 is 4.74 Å². The van der Waals surface area contributed by atoms with Gasteiger partial charge in [0.05, 0.1) is 17.6 Å². The molecule has 2 aliphatic carbocycles. The molecule has 2 nitrogen and oxygen atoms in total. The molecule has 3 fully saturated rings. The number of rotatable bonds is 0. The molecule has 2 heterocycles. The van der Waals surface area contributed by atoms with Crippen molar-refractivity contribution in [3.63, 3.8) is 0 Å². The van der Waals surface area contributed by atoms with Gasteiger partial charge in [0, 0.05) is 6.42 Å². The summed E-state index contributed by atoms with van der Waals surface area (Å²) < 4.78 is 6.35. The minimum atomic E-state index is 0.0122. The summed E-state index contributed by atoms with van der Waals surface area (Å²) in [6, 6.07) is 0. The Kier molecular flexibility index (Phi) is 1.84. The van der Waals surface area contributed by atoms with Crippen LogP contribution in [0, 0.1) is 17.3 Å². The Morgan fingerprint density at radius 2 is 2.29 bits per heavy atom. The Bertz CT molecular complexity index is 413. The maximum absolute atomic E-state index is 12.2. The zero-order valence-corrected chi connectivity index (χ0v) is 10.4. The minimum absolute atomic E-state index is 0.0122. The molecule has 0 aromatic carbocycles. The maximum Gasteiger partial charge on any atom is 0.139 e. The zero-order chi connectivity index (χ0) is 11.7. The highest BCUT2D eigenvalue weighted by atomic mass is 16.5. The SMILES string of the molecule is C[C@@]12CCC(=O)[C@@H]1[C@@H]1C=C[C@@]3(CCC[C@@H]3C2)O1. The van der Waals surface area contributed by atoms with E-state index in [1.54, 1.807) is 0 Å². The van der Waals surface area contributed by atoms with Crippen molar-refractivity contribution in [3.8, 4) is 0 Å². The van der Waals surface area contributed by atoms with Gasteiger partial charge in [-0.05, 0) is 43.4 Å². The van der Waals surface area contributed by atoms with Crippen molar-refractivity contribution in [1.82, 2.24) is 0 Å². The highest BCUT2D eigenvalue weighted by Crippen LogP contribution is 2.59. The predicted molar refractivity (Wildman–Crippen MR) is 64.5 cm³/mol. The second-order valence-electron chi connectivity index (χ2n) is 6.79. The maximum atomic E-state index is 12.2. The molecule has 2 aliphatic heterocycles. The molecule has 1 saturated heterocycles. The van der Waals surface area contributed by atoms with E-state index in [0.29, 0.717) is 11.7 Å². The molecule has 0 aromatic heterocycles. The van der Waals surface area contributed by atoms with E-state index >= 15 is 0 Å². The van der Waals surface area contributed by atoms with Gasteiger partial charge in [-0.2, -0.15) is 0 Å². The van der Waals surface area contributed by atoms with E-state index in [2.05, 4.69) is 19.1 Å². The van der Waals surface area contributed by atoms with Crippen LogP contribution < -0.4 is 0 Å². The van der Waals surface area contributed by atoms with Gasteiger partial charge in [0.2, 0.25) is 0 Å². The van der Waals surface area contributed by atoms with Crippen LogP contribution in [-0.4, -0.2) is 17.5 Å². The molecule has 17 heavy (non-hydrogen) atoms. The van der Waals surface area contributed by atoms with E-state index in [1.165, 1.54) is 25.7 Å². The van der Waals surface area contributed by atoms with Gasteiger partial charge in [0.1, 0.15) is 5.78 Å². The number of ketones is 1. The highest BCUT2D eigenvalue weighted by Gasteiger charge is 2.59. The third-order valence-electron chi connectivity index (χ3n) is 5.82. The number of hydrogen-bond donors (Lipinski definition) is 0. The monoisotopic (exact) mass is 232 g/mol. The van der Waals surface area contributed by atoms with Crippen molar-refractivity contribution in [2.75, 3.05) is 0 Å². The van der Waals surface area contributed by atoms with Crippen LogP contribution in [0.25, 0.3) is 0 Å². The molecule has 4 aliphatic rings. The molecular weight excluding hydrogens is 212 g/mol. The van der Waals surface area contributed by atoms with Gasteiger partial charge >= 0.3 is 0 Å². The molecule has 0 unspecified atom stereocenters. The van der Waals surface area contributed by atoms with Crippen LogP contribution in [0.15, 0.2) is 12.2 Å². The third-order valence-corrected chi connectivity index (χ3v) is 5.82. The summed E-state index contributed by atoms with van der Waals surface area (Å²) in [5, 5.41) is 0. The Morgan fingerprint density at radius 3 is 3.18 bits per heavy atom. The lowest BCUT2D eigenvalue weighted by Gasteiger charge is -2.33. The lowest BCUT2D eigenvalue weighted by molar-refractivity contribution is -0.128. The summed E-state index contributed by atoms with van der Waals surface area (Å²) in [4.78, 5) is 12.2. The molecule has 0 amide bonds. The second kappa shape index (κ2) is 3.03. The fourth-order valence-electron chi connectivity index (χ4n) is 4.97. The first-order valence-electron chi connectivity index (χ1n) is 7.03. The van der Waals surface area contributed by atoms with Gasteiger partial charge in [0.15, 0.2) is 0 Å². The number of ether oxygens (including phenoxy) is 1. The molecular formula is C15H20O2. The number of fused-ring (bicyclic) bond motifs is 3. The van der Waals surface area contributed by atoms with Gasteiger partial charge in [-0.3, -0.25) is 4.79 Å². The Morgan fingerprint density at radius 1 is 1.41 bits per heavy atom. The van der Waals surface area contributed by atoms with Gasteiger partial charge in [-0.1, -0.05) is 19.1 Å². The summed E-state index contributed by atoms with van der Waals surface area (Å²) in [5.74, 6) is 1.24. The first-order valence-corrected chi connectivity index (χ1v) is 7.03. The smallest absolute Gasteiger partial charge is 0.139 e. The van der Waals surface area contributed by atoms with Crippen molar-refractivity contribution in [2.24, 2.45) is 17.3 Å². The topological polar surface area (TPSA) is 26.3 Å². The van der Waals surface area contributed by atoms with Crippen LogP contribution >= 0.6 is 0 Å².